The summed E-state index contributed by atoms with van der Waals surface area (Å²) in [5.74, 6) is -0.500. The molecule has 28 heavy (non-hydrogen) atoms. The summed E-state index contributed by atoms with van der Waals surface area (Å²) in [5, 5.41) is 0.196. The van der Waals surface area contributed by atoms with Gasteiger partial charge in [0.2, 0.25) is 0 Å². The molecule has 0 aliphatic carbocycles. The van der Waals surface area contributed by atoms with E-state index in [1.54, 1.807) is 0 Å². The van der Waals surface area contributed by atoms with Crippen LogP contribution in [0.5, 0.6) is 0 Å². The largest absolute Gasteiger partial charge is 0.378 e. The van der Waals surface area contributed by atoms with Crippen LogP contribution in [0.25, 0.3) is 5.57 Å². The Kier molecular flexibility index (Phi) is 5.66. The number of carbonyl (C=O) groups is 2. The van der Waals surface area contributed by atoms with Crippen LogP contribution in [0.15, 0.2) is 47.4 Å². The van der Waals surface area contributed by atoms with Crippen molar-refractivity contribution in [2.24, 2.45) is 0 Å². The molecule has 5 heteroatoms. The minimum atomic E-state index is -0.257. The Balaban J connectivity index is 2.12. The number of carbonyl (C=O) groups excluding carboxylic acids is 2. The molecule has 2 aromatic carbocycles. The van der Waals surface area contributed by atoms with Gasteiger partial charge in [0.25, 0.3) is 11.8 Å². The number of aryl methyl sites for hydroxylation is 2. The Hall–Kier alpha value is -2.53. The standard InChI is InChI=1S/C23H26N2O2S/c1-14(2)28-21-20(17-11-10-15(3)16(4)12-17)22(26)25(23(21)27)19-9-7-8-18(13-19)24(5)6/h7-14H,1-6H3. The average molecular weight is 395 g/mol. The van der Waals surface area contributed by atoms with Crippen molar-refractivity contribution in [1.82, 2.24) is 0 Å². The Bertz CT molecular complexity index is 976. The van der Waals surface area contributed by atoms with Crippen LogP contribution in [0, 0.1) is 13.8 Å². The maximum absolute atomic E-state index is 13.4. The fourth-order valence-electron chi connectivity index (χ4n) is 3.15. The quantitative estimate of drug-likeness (QED) is 0.684. The van der Waals surface area contributed by atoms with E-state index in [2.05, 4.69) is 0 Å². The first-order chi connectivity index (χ1) is 13.2. The molecule has 3 rings (SSSR count). The van der Waals surface area contributed by atoms with Crippen molar-refractivity contribution in [2.45, 2.75) is 32.9 Å². The molecule has 0 bridgehead atoms. The smallest absolute Gasteiger partial charge is 0.272 e. The van der Waals surface area contributed by atoms with Gasteiger partial charge in [-0.15, -0.1) is 11.8 Å². The van der Waals surface area contributed by atoms with Crippen molar-refractivity contribution >= 4 is 40.5 Å². The van der Waals surface area contributed by atoms with Crippen molar-refractivity contribution in [2.75, 3.05) is 23.9 Å². The van der Waals surface area contributed by atoms with Crippen LogP contribution in [0.4, 0.5) is 11.4 Å². The third kappa shape index (κ3) is 3.72. The summed E-state index contributed by atoms with van der Waals surface area (Å²) < 4.78 is 0. The van der Waals surface area contributed by atoms with E-state index in [9.17, 15) is 9.59 Å². The summed E-state index contributed by atoms with van der Waals surface area (Å²) in [4.78, 5) is 30.5. The summed E-state index contributed by atoms with van der Waals surface area (Å²) in [6.45, 7) is 8.12. The Labute approximate surface area is 171 Å². The van der Waals surface area contributed by atoms with Gasteiger partial charge < -0.3 is 4.90 Å². The van der Waals surface area contributed by atoms with Crippen molar-refractivity contribution < 1.29 is 9.59 Å². The second kappa shape index (κ2) is 7.84. The summed E-state index contributed by atoms with van der Waals surface area (Å²) in [6.07, 6.45) is 0. The van der Waals surface area contributed by atoms with E-state index >= 15 is 0 Å². The number of hydrogen-bond acceptors (Lipinski definition) is 4. The van der Waals surface area contributed by atoms with Gasteiger partial charge in [0.1, 0.15) is 0 Å². The highest BCUT2D eigenvalue weighted by molar-refractivity contribution is 8.04. The lowest BCUT2D eigenvalue weighted by molar-refractivity contribution is -0.119. The van der Waals surface area contributed by atoms with Gasteiger partial charge in [0.15, 0.2) is 0 Å². The lowest BCUT2D eigenvalue weighted by Crippen LogP contribution is -2.31. The first kappa shape index (κ1) is 20.2. The molecule has 1 aliphatic heterocycles. The minimum Gasteiger partial charge on any atom is -0.378 e. The number of anilines is 2. The van der Waals surface area contributed by atoms with Crippen LogP contribution in [-0.2, 0) is 9.59 Å². The van der Waals surface area contributed by atoms with Crippen LogP contribution >= 0.6 is 11.8 Å². The van der Waals surface area contributed by atoms with Crippen molar-refractivity contribution in [3.8, 4) is 0 Å². The Morgan fingerprint density at radius 2 is 1.64 bits per heavy atom. The second-order valence-electron chi connectivity index (χ2n) is 7.53. The molecule has 4 nitrogen and oxygen atoms in total. The van der Waals surface area contributed by atoms with Crippen LogP contribution in [0.1, 0.15) is 30.5 Å². The van der Waals surface area contributed by atoms with Crippen molar-refractivity contribution in [3.05, 3.63) is 64.1 Å². The fraction of sp³-hybridized carbons (Fsp3) is 0.304. The number of imide groups is 1. The van der Waals surface area contributed by atoms with Gasteiger partial charge in [-0.1, -0.05) is 38.1 Å². The zero-order chi connectivity index (χ0) is 20.6. The van der Waals surface area contributed by atoms with E-state index in [1.807, 2.05) is 89.2 Å². The number of amides is 2. The predicted octanol–water partition coefficient (Wildman–Crippen LogP) is 4.80. The van der Waals surface area contributed by atoms with Gasteiger partial charge >= 0.3 is 0 Å². The van der Waals surface area contributed by atoms with E-state index in [1.165, 1.54) is 16.7 Å². The maximum Gasteiger partial charge on any atom is 0.272 e. The third-order valence-corrected chi connectivity index (χ3v) is 5.88. The summed E-state index contributed by atoms with van der Waals surface area (Å²) in [6, 6.07) is 13.4. The SMILES string of the molecule is Cc1ccc(C2=C(SC(C)C)C(=O)N(c3cccc(N(C)C)c3)C2=O)cc1C. The monoisotopic (exact) mass is 394 g/mol. The number of nitrogens with zero attached hydrogens (tertiary/aromatic N) is 2. The number of benzene rings is 2. The summed E-state index contributed by atoms with van der Waals surface area (Å²) >= 11 is 1.45. The molecular formula is C23H26N2O2S. The fourth-order valence-corrected chi connectivity index (χ4v) is 4.14. The van der Waals surface area contributed by atoms with E-state index in [-0.39, 0.29) is 17.1 Å². The van der Waals surface area contributed by atoms with Gasteiger partial charge in [-0.2, -0.15) is 0 Å². The predicted molar refractivity (Wildman–Crippen MR) is 119 cm³/mol. The second-order valence-corrected chi connectivity index (χ2v) is 9.12. The Morgan fingerprint density at radius 1 is 0.929 bits per heavy atom. The molecule has 0 atom stereocenters. The molecule has 1 heterocycles. The summed E-state index contributed by atoms with van der Waals surface area (Å²) in [7, 11) is 3.87. The zero-order valence-corrected chi connectivity index (χ0v) is 18.1. The third-order valence-electron chi connectivity index (χ3n) is 4.79. The topological polar surface area (TPSA) is 40.6 Å². The van der Waals surface area contributed by atoms with Gasteiger partial charge in [-0.25, -0.2) is 4.90 Å². The molecule has 0 spiro atoms. The molecule has 0 fully saturated rings. The summed E-state index contributed by atoms with van der Waals surface area (Å²) in [5.41, 5.74) is 5.11. The molecule has 2 amide bonds. The van der Waals surface area contributed by atoms with E-state index < -0.39 is 0 Å². The molecule has 0 aromatic heterocycles. The van der Waals surface area contributed by atoms with Crippen molar-refractivity contribution in [3.63, 3.8) is 0 Å². The molecule has 146 valence electrons. The van der Waals surface area contributed by atoms with Crippen LogP contribution < -0.4 is 9.80 Å². The highest BCUT2D eigenvalue weighted by Crippen LogP contribution is 2.40. The van der Waals surface area contributed by atoms with Gasteiger partial charge in [0, 0.05) is 25.0 Å². The van der Waals surface area contributed by atoms with Crippen LogP contribution in [-0.4, -0.2) is 31.2 Å². The Morgan fingerprint density at radius 3 is 2.25 bits per heavy atom. The minimum absolute atomic E-state index is 0.196. The molecular weight excluding hydrogens is 368 g/mol. The molecule has 0 unspecified atom stereocenters. The molecule has 0 radical (unpaired) electrons. The van der Waals surface area contributed by atoms with Crippen molar-refractivity contribution in [1.29, 1.82) is 0 Å². The van der Waals surface area contributed by atoms with E-state index in [0.29, 0.717) is 16.2 Å². The lowest BCUT2D eigenvalue weighted by Gasteiger charge is -2.19. The van der Waals surface area contributed by atoms with Crippen LogP contribution in [0.2, 0.25) is 0 Å². The van der Waals surface area contributed by atoms with Gasteiger partial charge in [-0.3, -0.25) is 9.59 Å². The van der Waals surface area contributed by atoms with E-state index in [4.69, 9.17) is 0 Å². The van der Waals surface area contributed by atoms with Gasteiger partial charge in [-0.05, 0) is 48.7 Å². The normalized spacial score (nSPS) is 14.5. The highest BCUT2D eigenvalue weighted by atomic mass is 32.2. The van der Waals surface area contributed by atoms with Gasteiger partial charge in [0.05, 0.1) is 16.2 Å². The van der Waals surface area contributed by atoms with Crippen LogP contribution in [0.3, 0.4) is 0 Å². The first-order valence-corrected chi connectivity index (χ1v) is 10.2. The number of thioether (sulfide) groups is 1. The molecule has 0 N–H and O–H groups in total. The lowest BCUT2D eigenvalue weighted by atomic mass is 10.0. The number of hydrogen-bond donors (Lipinski definition) is 0. The van der Waals surface area contributed by atoms with E-state index in [0.717, 1.165) is 22.4 Å². The zero-order valence-electron chi connectivity index (χ0n) is 17.2. The first-order valence-electron chi connectivity index (χ1n) is 9.35. The number of rotatable bonds is 5. The average Bonchev–Trinajstić information content (AvgIpc) is 2.87. The molecule has 0 saturated heterocycles. The highest BCUT2D eigenvalue weighted by Gasteiger charge is 2.40. The molecule has 1 aliphatic rings. The molecule has 0 saturated carbocycles. The maximum atomic E-state index is 13.4. The molecule has 2 aromatic rings.